The highest BCUT2D eigenvalue weighted by atomic mass is 35.5. The predicted octanol–water partition coefficient (Wildman–Crippen LogP) is 2.73. The van der Waals surface area contributed by atoms with Crippen LogP contribution in [-0.2, 0) is 23.8 Å². The maximum absolute atomic E-state index is 12.2. The maximum atomic E-state index is 12.2. The molecule has 1 saturated heterocycles. The highest BCUT2D eigenvalue weighted by molar-refractivity contribution is 6.33. The van der Waals surface area contributed by atoms with E-state index in [0.29, 0.717) is 0 Å². The number of halogens is 1. The van der Waals surface area contributed by atoms with E-state index in [1.807, 2.05) is 0 Å². The largest absolute Gasteiger partial charge is 0.465 e. The lowest BCUT2D eigenvalue weighted by atomic mass is 9.82. The molecule has 0 aliphatic carbocycles. The van der Waals surface area contributed by atoms with Crippen molar-refractivity contribution in [1.82, 2.24) is 0 Å². The van der Waals surface area contributed by atoms with Crippen LogP contribution in [0.5, 0.6) is 0 Å². The number of rotatable bonds is 5. The van der Waals surface area contributed by atoms with E-state index in [0.717, 1.165) is 0 Å². The number of methoxy groups -OCH3 is 1. The molecule has 8 heteroatoms. The van der Waals surface area contributed by atoms with Gasteiger partial charge in [0.2, 0.25) is 0 Å². The Morgan fingerprint density at radius 1 is 1.25 bits per heavy atom. The first kappa shape index (κ1) is 18.1. The van der Waals surface area contributed by atoms with Crippen LogP contribution in [0.2, 0.25) is 5.02 Å². The van der Waals surface area contributed by atoms with Gasteiger partial charge in [0.05, 0.1) is 23.4 Å². The van der Waals surface area contributed by atoms with E-state index in [2.05, 4.69) is 10.1 Å². The standard InChI is InChI=1S/C16H18ClNO6/c1-4-16(5-2)13(20)23-15(24-14(16)21)18-11-8-9(12(19)22-3)6-7-10(11)17/h6-8,15,18H,4-5H2,1-3H3. The number of nitrogens with one attached hydrogen (secondary N) is 1. The molecule has 1 N–H and O–H groups in total. The summed E-state index contributed by atoms with van der Waals surface area (Å²) < 4.78 is 15.0. The van der Waals surface area contributed by atoms with Crippen molar-refractivity contribution in [2.75, 3.05) is 12.4 Å². The summed E-state index contributed by atoms with van der Waals surface area (Å²) in [6, 6.07) is 4.37. The SMILES string of the molecule is CCC1(CC)C(=O)OC(Nc2cc(C(=O)OC)ccc2Cl)OC1=O. The van der Waals surface area contributed by atoms with Gasteiger partial charge in [-0.2, -0.15) is 0 Å². The van der Waals surface area contributed by atoms with Gasteiger partial charge in [0, 0.05) is 0 Å². The molecule has 0 unspecified atom stereocenters. The van der Waals surface area contributed by atoms with Crippen molar-refractivity contribution in [2.45, 2.75) is 33.1 Å². The fourth-order valence-electron chi connectivity index (χ4n) is 2.42. The smallest absolute Gasteiger partial charge is 0.337 e. The Morgan fingerprint density at radius 2 is 1.83 bits per heavy atom. The van der Waals surface area contributed by atoms with Gasteiger partial charge in [-0.05, 0) is 31.0 Å². The van der Waals surface area contributed by atoms with Gasteiger partial charge in [-0.15, -0.1) is 0 Å². The number of carbonyl (C=O) groups excluding carboxylic acids is 3. The molecule has 0 amide bonds. The van der Waals surface area contributed by atoms with Gasteiger partial charge in [-0.1, -0.05) is 25.4 Å². The molecule has 0 spiro atoms. The fourth-order valence-corrected chi connectivity index (χ4v) is 2.59. The highest BCUT2D eigenvalue weighted by Gasteiger charge is 2.51. The lowest BCUT2D eigenvalue weighted by Gasteiger charge is -2.35. The van der Waals surface area contributed by atoms with Crippen LogP contribution >= 0.6 is 11.6 Å². The average molecular weight is 356 g/mol. The summed E-state index contributed by atoms with van der Waals surface area (Å²) in [4.78, 5) is 36.0. The molecular formula is C16H18ClNO6. The summed E-state index contributed by atoms with van der Waals surface area (Å²) in [6.07, 6.45) is -0.750. The molecule has 0 bridgehead atoms. The molecule has 7 nitrogen and oxygen atoms in total. The molecule has 0 saturated carbocycles. The van der Waals surface area contributed by atoms with Gasteiger partial charge in [0.15, 0.2) is 5.41 Å². The number of ether oxygens (including phenoxy) is 3. The molecule has 1 aliphatic rings. The molecule has 1 aromatic rings. The van der Waals surface area contributed by atoms with Crippen molar-refractivity contribution < 1.29 is 28.6 Å². The Labute approximate surface area is 144 Å². The monoisotopic (exact) mass is 355 g/mol. The van der Waals surface area contributed by atoms with Crippen molar-refractivity contribution >= 4 is 35.2 Å². The second kappa shape index (κ2) is 7.09. The van der Waals surface area contributed by atoms with Gasteiger partial charge in [-0.3, -0.25) is 9.59 Å². The predicted molar refractivity (Wildman–Crippen MR) is 85.4 cm³/mol. The summed E-state index contributed by atoms with van der Waals surface area (Å²) >= 11 is 6.05. The second-order valence-electron chi connectivity index (χ2n) is 5.26. The van der Waals surface area contributed by atoms with Gasteiger partial charge in [-0.25, -0.2) is 4.79 Å². The third-order valence-electron chi connectivity index (χ3n) is 4.08. The normalized spacial score (nSPS) is 17.0. The quantitative estimate of drug-likeness (QED) is 0.641. The second-order valence-corrected chi connectivity index (χ2v) is 5.67. The first-order valence-corrected chi connectivity index (χ1v) is 7.82. The molecule has 1 fully saturated rings. The van der Waals surface area contributed by atoms with Crippen LogP contribution < -0.4 is 5.32 Å². The number of carbonyl (C=O) groups is 3. The topological polar surface area (TPSA) is 90.9 Å². The first-order chi connectivity index (χ1) is 11.4. The Morgan fingerprint density at radius 3 is 2.33 bits per heavy atom. The molecule has 0 aromatic heterocycles. The van der Waals surface area contributed by atoms with Crippen molar-refractivity contribution in [3.8, 4) is 0 Å². The highest BCUT2D eigenvalue weighted by Crippen LogP contribution is 2.35. The van der Waals surface area contributed by atoms with Crippen molar-refractivity contribution in [1.29, 1.82) is 0 Å². The summed E-state index contributed by atoms with van der Waals surface area (Å²) in [5.41, 5.74) is -0.768. The Balaban J connectivity index is 2.20. The van der Waals surface area contributed by atoms with Crippen molar-refractivity contribution in [3.63, 3.8) is 0 Å². The molecular weight excluding hydrogens is 338 g/mol. The van der Waals surface area contributed by atoms with Crippen LogP contribution in [0, 0.1) is 5.41 Å². The summed E-state index contributed by atoms with van der Waals surface area (Å²) in [6.45, 7) is 3.44. The number of hydrogen-bond donors (Lipinski definition) is 1. The van der Waals surface area contributed by atoms with Crippen LogP contribution in [0.25, 0.3) is 0 Å². The van der Waals surface area contributed by atoms with E-state index < -0.39 is 29.7 Å². The fraction of sp³-hybridized carbons (Fsp3) is 0.438. The average Bonchev–Trinajstić information content (AvgIpc) is 2.57. The first-order valence-electron chi connectivity index (χ1n) is 7.44. The van der Waals surface area contributed by atoms with Crippen LogP contribution in [0.4, 0.5) is 5.69 Å². The third kappa shape index (κ3) is 3.17. The maximum Gasteiger partial charge on any atom is 0.337 e. The van der Waals surface area contributed by atoms with Crippen LogP contribution in [0.15, 0.2) is 18.2 Å². The van der Waals surface area contributed by atoms with E-state index in [1.165, 1.54) is 25.3 Å². The van der Waals surface area contributed by atoms with Crippen molar-refractivity contribution in [2.24, 2.45) is 5.41 Å². The number of cyclic esters (lactones) is 2. The molecule has 130 valence electrons. The minimum atomic E-state index is -1.32. The number of esters is 3. The van der Waals surface area contributed by atoms with Gasteiger partial charge < -0.3 is 19.5 Å². The summed E-state index contributed by atoms with van der Waals surface area (Å²) in [5, 5.41) is 2.95. The molecule has 1 aliphatic heterocycles. The van der Waals surface area contributed by atoms with Crippen LogP contribution in [0.3, 0.4) is 0 Å². The lowest BCUT2D eigenvalue weighted by Crippen LogP contribution is -2.51. The summed E-state index contributed by atoms with van der Waals surface area (Å²) in [7, 11) is 1.25. The third-order valence-corrected chi connectivity index (χ3v) is 4.41. The molecule has 24 heavy (non-hydrogen) atoms. The number of hydrogen-bond acceptors (Lipinski definition) is 7. The molecule has 2 rings (SSSR count). The Hall–Kier alpha value is -2.28. The molecule has 0 atom stereocenters. The molecule has 1 heterocycles. The van der Waals surface area contributed by atoms with Gasteiger partial charge >= 0.3 is 24.3 Å². The van der Waals surface area contributed by atoms with Crippen LogP contribution in [0.1, 0.15) is 37.0 Å². The molecule has 1 aromatic carbocycles. The van der Waals surface area contributed by atoms with Crippen molar-refractivity contribution in [3.05, 3.63) is 28.8 Å². The van der Waals surface area contributed by atoms with Gasteiger partial charge in [0.25, 0.3) is 0 Å². The number of benzene rings is 1. The van der Waals surface area contributed by atoms with E-state index in [-0.39, 0.29) is 29.1 Å². The zero-order valence-corrected chi connectivity index (χ0v) is 14.3. The molecule has 0 radical (unpaired) electrons. The van der Waals surface area contributed by atoms with E-state index in [9.17, 15) is 14.4 Å². The zero-order valence-electron chi connectivity index (χ0n) is 13.6. The number of anilines is 1. The van der Waals surface area contributed by atoms with E-state index in [4.69, 9.17) is 21.1 Å². The van der Waals surface area contributed by atoms with E-state index in [1.54, 1.807) is 13.8 Å². The van der Waals surface area contributed by atoms with Crippen LogP contribution in [-0.4, -0.2) is 31.4 Å². The lowest BCUT2D eigenvalue weighted by molar-refractivity contribution is -0.219. The minimum absolute atomic E-state index is 0.245. The Bertz CT molecular complexity index is 651. The minimum Gasteiger partial charge on any atom is -0.465 e. The van der Waals surface area contributed by atoms with E-state index >= 15 is 0 Å². The Kier molecular flexibility index (Phi) is 5.33. The summed E-state index contributed by atoms with van der Waals surface area (Å²) in [5.74, 6) is -1.86. The zero-order chi connectivity index (χ0) is 17.9. The van der Waals surface area contributed by atoms with Gasteiger partial charge in [0.1, 0.15) is 0 Å².